The Labute approximate surface area is 102 Å². The highest BCUT2D eigenvalue weighted by Gasteiger charge is 2.04. The van der Waals surface area contributed by atoms with Crippen molar-refractivity contribution in [3.8, 4) is 5.75 Å². The van der Waals surface area contributed by atoms with E-state index in [-0.39, 0.29) is 5.75 Å². The molecule has 3 nitrogen and oxygen atoms in total. The number of hydrogen-bond donors (Lipinski definition) is 0. The first-order chi connectivity index (χ1) is 6.97. The van der Waals surface area contributed by atoms with Crippen LogP contribution in [0.5, 0.6) is 5.75 Å². The Hall–Kier alpha value is -0.260. The fourth-order valence-corrected chi connectivity index (χ4v) is 2.15. The number of halogens is 2. The molecule has 0 atom stereocenters. The minimum atomic E-state index is -3.40. The molecule has 1 aromatic carbocycles. The third-order valence-corrected chi connectivity index (χ3v) is 3.33. The van der Waals surface area contributed by atoms with E-state index in [9.17, 15) is 8.42 Å². The molecule has 0 heterocycles. The van der Waals surface area contributed by atoms with Gasteiger partial charge in [0.25, 0.3) is 0 Å². The van der Waals surface area contributed by atoms with Crippen LogP contribution in [0.1, 0.15) is 6.42 Å². The van der Waals surface area contributed by atoms with Gasteiger partial charge in [0, 0.05) is 15.2 Å². The number of rotatable bonds is 5. The van der Waals surface area contributed by atoms with Crippen molar-refractivity contribution in [3.05, 3.63) is 28.7 Å². The molecule has 1 aromatic rings. The summed E-state index contributed by atoms with van der Waals surface area (Å²) >= 11 is 3.31. The van der Waals surface area contributed by atoms with Crippen molar-refractivity contribution >= 4 is 35.7 Å². The van der Waals surface area contributed by atoms with Crippen molar-refractivity contribution in [2.24, 2.45) is 0 Å². The Morgan fingerprint density at radius 2 is 2.13 bits per heavy atom. The largest absolute Gasteiger partial charge is 0.494 e. The van der Waals surface area contributed by atoms with E-state index in [0.29, 0.717) is 18.8 Å². The minimum Gasteiger partial charge on any atom is -0.494 e. The maximum absolute atomic E-state index is 10.6. The molecule has 0 radical (unpaired) electrons. The summed E-state index contributed by atoms with van der Waals surface area (Å²) in [5.41, 5.74) is 0. The first kappa shape index (κ1) is 12.8. The lowest BCUT2D eigenvalue weighted by Gasteiger charge is -2.05. The molecule has 0 saturated carbocycles. The monoisotopic (exact) mass is 312 g/mol. The van der Waals surface area contributed by atoms with Crippen LogP contribution < -0.4 is 4.74 Å². The quantitative estimate of drug-likeness (QED) is 0.620. The number of hydrogen-bond acceptors (Lipinski definition) is 3. The molecule has 0 fully saturated rings. The SMILES string of the molecule is O=S(=O)(Cl)CCCOc1cccc(Br)c1. The summed E-state index contributed by atoms with van der Waals surface area (Å²) in [6.45, 7) is 0.336. The molecule has 0 spiro atoms. The van der Waals surface area contributed by atoms with Gasteiger partial charge in [0.2, 0.25) is 9.05 Å². The third-order valence-electron chi connectivity index (χ3n) is 1.60. The Morgan fingerprint density at radius 3 is 2.73 bits per heavy atom. The van der Waals surface area contributed by atoms with Gasteiger partial charge in [-0.05, 0) is 24.6 Å². The first-order valence-electron chi connectivity index (χ1n) is 4.28. The molecule has 15 heavy (non-hydrogen) atoms. The second-order valence-corrected chi connectivity index (χ2v) is 6.71. The van der Waals surface area contributed by atoms with Gasteiger partial charge in [-0.3, -0.25) is 0 Å². The first-order valence-corrected chi connectivity index (χ1v) is 7.55. The van der Waals surface area contributed by atoms with Crippen molar-refractivity contribution in [3.63, 3.8) is 0 Å². The van der Waals surface area contributed by atoms with Crippen LogP contribution in [0.15, 0.2) is 28.7 Å². The van der Waals surface area contributed by atoms with Crippen LogP contribution in [-0.2, 0) is 9.05 Å². The molecule has 84 valence electrons. The van der Waals surface area contributed by atoms with Gasteiger partial charge in [0.05, 0.1) is 12.4 Å². The molecule has 0 N–H and O–H groups in total. The van der Waals surface area contributed by atoms with Gasteiger partial charge in [0.1, 0.15) is 5.75 Å². The maximum atomic E-state index is 10.6. The highest BCUT2D eigenvalue weighted by atomic mass is 79.9. The Morgan fingerprint density at radius 1 is 1.40 bits per heavy atom. The van der Waals surface area contributed by atoms with Crippen LogP contribution >= 0.6 is 26.6 Å². The highest BCUT2D eigenvalue weighted by Crippen LogP contribution is 2.17. The van der Waals surface area contributed by atoms with Crippen molar-refractivity contribution in [1.29, 1.82) is 0 Å². The highest BCUT2D eigenvalue weighted by molar-refractivity contribution is 9.10. The topological polar surface area (TPSA) is 43.4 Å². The number of benzene rings is 1. The molecule has 0 amide bonds. The van der Waals surface area contributed by atoms with E-state index >= 15 is 0 Å². The summed E-state index contributed by atoms with van der Waals surface area (Å²) < 4.78 is 27.4. The molecule has 0 aromatic heterocycles. The molecule has 0 aliphatic heterocycles. The van der Waals surface area contributed by atoms with Crippen LogP contribution in [0.3, 0.4) is 0 Å². The maximum Gasteiger partial charge on any atom is 0.232 e. The van der Waals surface area contributed by atoms with Gasteiger partial charge in [0.15, 0.2) is 0 Å². The zero-order chi connectivity index (χ0) is 11.3. The summed E-state index contributed by atoms with van der Waals surface area (Å²) in [6.07, 6.45) is 0.387. The zero-order valence-corrected chi connectivity index (χ0v) is 11.0. The van der Waals surface area contributed by atoms with Crippen LogP contribution in [0.4, 0.5) is 0 Å². The van der Waals surface area contributed by atoms with Gasteiger partial charge >= 0.3 is 0 Å². The van der Waals surface area contributed by atoms with Crippen LogP contribution in [0, 0.1) is 0 Å². The fraction of sp³-hybridized carbons (Fsp3) is 0.333. The van der Waals surface area contributed by atoms with Crippen molar-refractivity contribution in [2.75, 3.05) is 12.4 Å². The Balaban J connectivity index is 2.32. The molecule has 6 heteroatoms. The predicted molar refractivity (Wildman–Crippen MR) is 63.9 cm³/mol. The number of ether oxygens (including phenoxy) is 1. The fourth-order valence-electron chi connectivity index (χ4n) is 0.978. The van der Waals surface area contributed by atoms with Crippen molar-refractivity contribution in [1.82, 2.24) is 0 Å². The van der Waals surface area contributed by atoms with Crippen molar-refractivity contribution in [2.45, 2.75) is 6.42 Å². The van der Waals surface area contributed by atoms with E-state index in [0.717, 1.165) is 4.47 Å². The van der Waals surface area contributed by atoms with E-state index in [1.807, 2.05) is 18.2 Å². The zero-order valence-electron chi connectivity index (χ0n) is 7.82. The molecule has 0 aliphatic rings. The van der Waals surface area contributed by atoms with E-state index in [1.165, 1.54) is 0 Å². The Bertz CT molecular complexity index is 419. The summed E-state index contributed by atoms with van der Waals surface area (Å²) in [4.78, 5) is 0. The van der Waals surface area contributed by atoms with Crippen LogP contribution in [0.2, 0.25) is 0 Å². The molecule has 0 unspecified atom stereocenters. The summed E-state index contributed by atoms with van der Waals surface area (Å²) in [7, 11) is 1.65. The second kappa shape index (κ2) is 5.72. The normalized spacial score (nSPS) is 11.3. The van der Waals surface area contributed by atoms with Gasteiger partial charge in [-0.15, -0.1) is 0 Å². The molecule has 0 aliphatic carbocycles. The molecule has 0 saturated heterocycles. The van der Waals surface area contributed by atoms with Gasteiger partial charge in [-0.2, -0.15) is 0 Å². The Kier molecular flexibility index (Phi) is 4.89. The van der Waals surface area contributed by atoms with E-state index in [1.54, 1.807) is 6.07 Å². The minimum absolute atomic E-state index is 0.0669. The van der Waals surface area contributed by atoms with Crippen LogP contribution in [0.25, 0.3) is 0 Å². The molecule has 1 rings (SSSR count). The van der Waals surface area contributed by atoms with E-state index < -0.39 is 9.05 Å². The second-order valence-electron chi connectivity index (χ2n) is 2.90. The molecular weight excluding hydrogens is 304 g/mol. The molecular formula is C9H10BrClO3S. The lowest BCUT2D eigenvalue weighted by Crippen LogP contribution is -2.04. The summed E-state index contributed by atoms with van der Waals surface area (Å²) in [6, 6.07) is 7.35. The van der Waals surface area contributed by atoms with Gasteiger partial charge in [-0.1, -0.05) is 22.0 Å². The van der Waals surface area contributed by atoms with E-state index in [4.69, 9.17) is 15.4 Å². The van der Waals surface area contributed by atoms with Gasteiger partial charge in [-0.25, -0.2) is 8.42 Å². The van der Waals surface area contributed by atoms with E-state index in [2.05, 4.69) is 15.9 Å². The van der Waals surface area contributed by atoms with Crippen molar-refractivity contribution < 1.29 is 13.2 Å². The lowest BCUT2D eigenvalue weighted by atomic mass is 10.3. The third kappa shape index (κ3) is 6.02. The predicted octanol–water partition coefficient (Wildman–Crippen LogP) is 2.79. The molecule has 0 bridgehead atoms. The standard InChI is InChI=1S/C9H10BrClO3S/c10-8-3-1-4-9(7-8)14-5-2-6-15(11,12)13/h1,3-4,7H,2,5-6H2. The van der Waals surface area contributed by atoms with Crippen LogP contribution in [-0.4, -0.2) is 20.8 Å². The summed E-state index contributed by atoms with van der Waals surface area (Å²) in [5.74, 6) is 0.638. The smallest absolute Gasteiger partial charge is 0.232 e. The van der Waals surface area contributed by atoms with Gasteiger partial charge < -0.3 is 4.74 Å². The average molecular weight is 314 g/mol. The average Bonchev–Trinajstić information content (AvgIpc) is 2.11. The lowest BCUT2D eigenvalue weighted by molar-refractivity contribution is 0.317. The summed E-state index contributed by atoms with van der Waals surface area (Å²) in [5, 5.41) is 0.